The van der Waals surface area contributed by atoms with Crippen molar-refractivity contribution in [3.63, 3.8) is 0 Å². The second kappa shape index (κ2) is 4.09. The molecular weight excluding hydrogens is 190 g/mol. The van der Waals surface area contributed by atoms with Gasteiger partial charge in [0, 0.05) is 31.9 Å². The van der Waals surface area contributed by atoms with E-state index >= 15 is 0 Å². The van der Waals surface area contributed by atoms with Gasteiger partial charge in [-0.3, -0.25) is 9.78 Å². The van der Waals surface area contributed by atoms with E-state index in [1.165, 1.54) is 0 Å². The molecule has 1 aliphatic rings. The molecule has 2 heterocycles. The minimum atomic E-state index is -0.144. The van der Waals surface area contributed by atoms with Crippen molar-refractivity contribution >= 4 is 5.91 Å². The Morgan fingerprint density at radius 2 is 2.53 bits per heavy atom. The van der Waals surface area contributed by atoms with Crippen molar-refractivity contribution in [1.82, 2.24) is 9.88 Å². The molecule has 1 aliphatic heterocycles. The molecule has 0 radical (unpaired) electrons. The van der Waals surface area contributed by atoms with E-state index in [1.54, 1.807) is 17.3 Å². The van der Waals surface area contributed by atoms with Crippen LogP contribution in [0.25, 0.3) is 0 Å². The Hall–Kier alpha value is -1.89. The van der Waals surface area contributed by atoms with Gasteiger partial charge in [0.2, 0.25) is 5.91 Å². The highest BCUT2D eigenvalue weighted by Gasteiger charge is 2.29. The first-order chi connectivity index (χ1) is 7.29. The normalized spacial score (nSPS) is 20.3. The van der Waals surface area contributed by atoms with Gasteiger partial charge in [-0.05, 0) is 11.6 Å². The Balaban J connectivity index is 2.02. The minimum absolute atomic E-state index is 0.0606. The maximum absolute atomic E-state index is 11.5. The molecular formula is C11H11N3O. The van der Waals surface area contributed by atoms with Crippen molar-refractivity contribution in [1.29, 1.82) is 5.26 Å². The van der Waals surface area contributed by atoms with Crippen molar-refractivity contribution in [2.75, 3.05) is 6.54 Å². The summed E-state index contributed by atoms with van der Waals surface area (Å²) in [5.74, 6) is -0.0837. The lowest BCUT2D eigenvalue weighted by molar-refractivity contribution is -0.128. The maximum Gasteiger partial charge on any atom is 0.224 e. The van der Waals surface area contributed by atoms with Crippen LogP contribution in [0.15, 0.2) is 24.5 Å². The van der Waals surface area contributed by atoms with E-state index in [-0.39, 0.29) is 11.8 Å². The molecule has 76 valence electrons. The van der Waals surface area contributed by atoms with Gasteiger partial charge in [0.05, 0.1) is 12.0 Å². The summed E-state index contributed by atoms with van der Waals surface area (Å²) < 4.78 is 0. The lowest BCUT2D eigenvalue weighted by atomic mass is 10.1. The summed E-state index contributed by atoms with van der Waals surface area (Å²) in [6.07, 6.45) is 3.80. The van der Waals surface area contributed by atoms with Crippen LogP contribution in [0.2, 0.25) is 0 Å². The summed E-state index contributed by atoms with van der Waals surface area (Å²) >= 11 is 0. The number of carbonyl (C=O) groups is 1. The van der Waals surface area contributed by atoms with Gasteiger partial charge in [-0.2, -0.15) is 5.26 Å². The SMILES string of the molecule is N#CC1CC(=O)N(Cc2cccnc2)C1. The van der Waals surface area contributed by atoms with Gasteiger partial charge < -0.3 is 4.90 Å². The van der Waals surface area contributed by atoms with Gasteiger partial charge in [-0.1, -0.05) is 6.07 Å². The predicted octanol–water partition coefficient (Wildman–Crippen LogP) is 0.954. The zero-order chi connectivity index (χ0) is 10.7. The van der Waals surface area contributed by atoms with Crippen LogP contribution < -0.4 is 0 Å². The molecule has 15 heavy (non-hydrogen) atoms. The number of likely N-dealkylation sites (tertiary alicyclic amines) is 1. The number of carbonyl (C=O) groups excluding carboxylic acids is 1. The van der Waals surface area contributed by atoms with E-state index < -0.39 is 0 Å². The third-order valence-corrected chi connectivity index (χ3v) is 2.49. The number of hydrogen-bond acceptors (Lipinski definition) is 3. The fraction of sp³-hybridized carbons (Fsp3) is 0.364. The molecule has 0 N–H and O–H groups in total. The smallest absolute Gasteiger partial charge is 0.224 e. The van der Waals surface area contributed by atoms with E-state index in [9.17, 15) is 4.79 Å². The molecule has 1 atom stereocenters. The highest BCUT2D eigenvalue weighted by molar-refractivity contribution is 5.79. The molecule has 1 amide bonds. The van der Waals surface area contributed by atoms with E-state index in [2.05, 4.69) is 11.1 Å². The fourth-order valence-corrected chi connectivity index (χ4v) is 1.72. The average Bonchev–Trinajstić information content (AvgIpc) is 2.61. The zero-order valence-corrected chi connectivity index (χ0v) is 8.26. The molecule has 0 saturated carbocycles. The second-order valence-electron chi connectivity index (χ2n) is 3.67. The number of rotatable bonds is 2. The Kier molecular flexibility index (Phi) is 2.64. The van der Waals surface area contributed by atoms with E-state index in [0.717, 1.165) is 5.56 Å². The number of nitriles is 1. The summed E-state index contributed by atoms with van der Waals surface area (Å²) in [4.78, 5) is 17.2. The molecule has 0 bridgehead atoms. The van der Waals surface area contributed by atoms with Gasteiger partial charge >= 0.3 is 0 Å². The Morgan fingerprint density at radius 1 is 1.67 bits per heavy atom. The molecule has 0 aliphatic carbocycles. The number of pyridine rings is 1. The van der Waals surface area contributed by atoms with Crippen LogP contribution in [0.4, 0.5) is 0 Å². The Morgan fingerprint density at radius 3 is 3.13 bits per heavy atom. The number of nitrogens with zero attached hydrogens (tertiary/aromatic N) is 3. The van der Waals surface area contributed by atoms with E-state index in [0.29, 0.717) is 19.5 Å². The summed E-state index contributed by atoms with van der Waals surface area (Å²) in [5, 5.41) is 8.73. The van der Waals surface area contributed by atoms with Crippen LogP contribution in [-0.4, -0.2) is 22.3 Å². The minimum Gasteiger partial charge on any atom is -0.337 e. The average molecular weight is 201 g/mol. The van der Waals surface area contributed by atoms with Crippen LogP contribution in [-0.2, 0) is 11.3 Å². The lowest BCUT2D eigenvalue weighted by Crippen LogP contribution is -2.24. The van der Waals surface area contributed by atoms with Gasteiger partial charge in [0.25, 0.3) is 0 Å². The molecule has 2 rings (SSSR count). The van der Waals surface area contributed by atoms with Crippen molar-refractivity contribution in [2.24, 2.45) is 5.92 Å². The van der Waals surface area contributed by atoms with Gasteiger partial charge in [0.1, 0.15) is 0 Å². The Bertz CT molecular complexity index is 396. The molecule has 1 saturated heterocycles. The third kappa shape index (κ3) is 2.13. The number of hydrogen-bond donors (Lipinski definition) is 0. The standard InChI is InChI=1S/C11H11N3O/c12-5-10-4-11(15)14(8-10)7-9-2-1-3-13-6-9/h1-3,6,10H,4,7-8H2. The number of amides is 1. The molecule has 0 aromatic carbocycles. The molecule has 4 nitrogen and oxygen atoms in total. The second-order valence-corrected chi connectivity index (χ2v) is 3.67. The predicted molar refractivity (Wildman–Crippen MR) is 53.4 cm³/mol. The highest BCUT2D eigenvalue weighted by Crippen LogP contribution is 2.18. The highest BCUT2D eigenvalue weighted by atomic mass is 16.2. The van der Waals surface area contributed by atoms with Crippen molar-refractivity contribution in [3.05, 3.63) is 30.1 Å². The van der Waals surface area contributed by atoms with Gasteiger partial charge in [-0.15, -0.1) is 0 Å². The van der Waals surface area contributed by atoms with Crippen LogP contribution >= 0.6 is 0 Å². The molecule has 1 aromatic rings. The lowest BCUT2D eigenvalue weighted by Gasteiger charge is -2.14. The largest absolute Gasteiger partial charge is 0.337 e. The molecule has 4 heteroatoms. The summed E-state index contributed by atoms with van der Waals surface area (Å²) in [7, 11) is 0. The maximum atomic E-state index is 11.5. The first-order valence-corrected chi connectivity index (χ1v) is 4.86. The molecule has 1 aromatic heterocycles. The number of aromatic nitrogens is 1. The molecule has 1 fully saturated rings. The van der Waals surface area contributed by atoms with E-state index in [1.807, 2.05) is 12.1 Å². The van der Waals surface area contributed by atoms with E-state index in [4.69, 9.17) is 5.26 Å². The van der Waals surface area contributed by atoms with Crippen molar-refractivity contribution < 1.29 is 4.79 Å². The Labute approximate surface area is 88.1 Å². The van der Waals surface area contributed by atoms with Crippen LogP contribution in [0.1, 0.15) is 12.0 Å². The van der Waals surface area contributed by atoms with Crippen LogP contribution in [0.5, 0.6) is 0 Å². The van der Waals surface area contributed by atoms with Crippen molar-refractivity contribution in [2.45, 2.75) is 13.0 Å². The van der Waals surface area contributed by atoms with Gasteiger partial charge in [-0.25, -0.2) is 0 Å². The summed E-state index contributed by atoms with van der Waals surface area (Å²) in [6, 6.07) is 5.91. The third-order valence-electron chi connectivity index (χ3n) is 2.49. The van der Waals surface area contributed by atoms with Crippen molar-refractivity contribution in [3.8, 4) is 6.07 Å². The topological polar surface area (TPSA) is 57.0 Å². The molecule has 0 spiro atoms. The quantitative estimate of drug-likeness (QED) is 0.715. The summed E-state index contributed by atoms with van der Waals surface area (Å²) in [5.41, 5.74) is 1.00. The first kappa shape index (κ1) is 9.66. The zero-order valence-electron chi connectivity index (χ0n) is 8.26. The van der Waals surface area contributed by atoms with Gasteiger partial charge in [0.15, 0.2) is 0 Å². The fourth-order valence-electron chi connectivity index (χ4n) is 1.72. The summed E-state index contributed by atoms with van der Waals surface area (Å²) in [6.45, 7) is 1.11. The first-order valence-electron chi connectivity index (χ1n) is 4.86. The molecule has 1 unspecified atom stereocenters. The monoisotopic (exact) mass is 201 g/mol. The van der Waals surface area contributed by atoms with Crippen LogP contribution in [0.3, 0.4) is 0 Å². The van der Waals surface area contributed by atoms with Crippen LogP contribution in [0, 0.1) is 17.2 Å².